The van der Waals surface area contributed by atoms with Crippen molar-refractivity contribution in [2.24, 2.45) is 11.3 Å². The summed E-state index contributed by atoms with van der Waals surface area (Å²) in [6.45, 7) is 7.16. The lowest BCUT2D eigenvalue weighted by molar-refractivity contribution is 0.196. The molecule has 0 amide bonds. The zero-order chi connectivity index (χ0) is 12.0. The Morgan fingerprint density at radius 2 is 1.88 bits per heavy atom. The van der Waals surface area contributed by atoms with E-state index in [9.17, 15) is 0 Å². The first-order chi connectivity index (χ1) is 7.57. The van der Waals surface area contributed by atoms with E-state index in [1.807, 2.05) is 13.8 Å². The molecule has 1 fully saturated rings. The minimum Gasteiger partial charge on any atom is -0.303 e. The lowest BCUT2D eigenvalue weighted by Crippen LogP contribution is -2.34. The lowest BCUT2D eigenvalue weighted by Gasteiger charge is -2.29. The van der Waals surface area contributed by atoms with Gasteiger partial charge in [-0.15, -0.1) is 0 Å². The zero-order valence-electron chi connectivity index (χ0n) is 10.4. The Hall–Kier alpha value is -1.06. The molecule has 0 aromatic carbocycles. The summed E-state index contributed by atoms with van der Waals surface area (Å²) < 4.78 is 0. The first kappa shape index (κ1) is 13.0. The second-order valence-electron chi connectivity index (χ2n) is 5.34. The molecule has 0 bridgehead atoms. The maximum atomic E-state index is 8.90. The zero-order valence-corrected chi connectivity index (χ0v) is 10.4. The summed E-state index contributed by atoms with van der Waals surface area (Å²) in [5.41, 5.74) is -0.190. The summed E-state index contributed by atoms with van der Waals surface area (Å²) in [4.78, 5) is 2.42. The summed E-state index contributed by atoms with van der Waals surface area (Å²) in [7, 11) is 0. The molecule has 1 rings (SSSR count). The van der Waals surface area contributed by atoms with Gasteiger partial charge in [0, 0.05) is 5.92 Å². The first-order valence-corrected chi connectivity index (χ1v) is 6.10. The van der Waals surface area contributed by atoms with Crippen LogP contribution in [0.15, 0.2) is 0 Å². The second-order valence-corrected chi connectivity index (χ2v) is 5.34. The van der Waals surface area contributed by atoms with Gasteiger partial charge in [0.15, 0.2) is 0 Å². The number of hydrogen-bond donors (Lipinski definition) is 0. The van der Waals surface area contributed by atoms with E-state index in [1.54, 1.807) is 0 Å². The number of piperidine rings is 1. The Morgan fingerprint density at radius 1 is 1.25 bits per heavy atom. The van der Waals surface area contributed by atoms with Crippen molar-refractivity contribution in [3.63, 3.8) is 0 Å². The molecule has 0 saturated carbocycles. The van der Waals surface area contributed by atoms with Crippen molar-refractivity contribution in [3.8, 4) is 12.1 Å². The van der Waals surface area contributed by atoms with Crippen molar-refractivity contribution < 1.29 is 0 Å². The third-order valence-corrected chi connectivity index (χ3v) is 3.35. The normalized spacial score (nSPS) is 19.0. The highest BCUT2D eigenvalue weighted by molar-refractivity contribution is 4.92. The Labute approximate surface area is 98.7 Å². The van der Waals surface area contributed by atoms with Crippen LogP contribution in [-0.2, 0) is 0 Å². The van der Waals surface area contributed by atoms with E-state index >= 15 is 0 Å². The molecule has 1 heterocycles. The van der Waals surface area contributed by atoms with Gasteiger partial charge in [-0.25, -0.2) is 0 Å². The van der Waals surface area contributed by atoms with Crippen LogP contribution in [0.2, 0.25) is 0 Å². The predicted molar refractivity (Wildman–Crippen MR) is 63.4 cm³/mol. The molecule has 0 radical (unpaired) electrons. The van der Waals surface area contributed by atoms with Gasteiger partial charge in [0.1, 0.15) is 0 Å². The monoisotopic (exact) mass is 219 g/mol. The van der Waals surface area contributed by atoms with Crippen LogP contribution in [-0.4, -0.2) is 24.5 Å². The average molecular weight is 219 g/mol. The van der Waals surface area contributed by atoms with Crippen molar-refractivity contribution in [2.45, 2.75) is 39.5 Å². The fourth-order valence-electron chi connectivity index (χ4n) is 2.09. The van der Waals surface area contributed by atoms with Crippen molar-refractivity contribution >= 4 is 0 Å². The molecule has 0 atom stereocenters. The summed E-state index contributed by atoms with van der Waals surface area (Å²) in [6, 6.07) is 4.68. The number of nitrogens with zero attached hydrogens (tertiary/aromatic N) is 3. The summed E-state index contributed by atoms with van der Waals surface area (Å²) in [5.74, 6) is 0.270. The van der Waals surface area contributed by atoms with E-state index in [1.165, 1.54) is 0 Å². The summed E-state index contributed by atoms with van der Waals surface area (Å²) in [6.07, 6.45) is 4.07. The third-order valence-electron chi connectivity index (χ3n) is 3.35. The standard InChI is InChI=1S/C13H21N3/c1-13(2,11-15)6-3-7-16-8-4-12(10-14)5-9-16/h12H,3-9H2,1-2H3. The maximum Gasteiger partial charge on any atom is 0.0683 e. The van der Waals surface area contributed by atoms with E-state index in [0.717, 1.165) is 45.3 Å². The van der Waals surface area contributed by atoms with Crippen molar-refractivity contribution in [2.75, 3.05) is 19.6 Å². The van der Waals surface area contributed by atoms with E-state index in [2.05, 4.69) is 17.0 Å². The quantitative estimate of drug-likeness (QED) is 0.730. The lowest BCUT2D eigenvalue weighted by atomic mass is 9.89. The molecule has 0 spiro atoms. The molecular weight excluding hydrogens is 198 g/mol. The van der Waals surface area contributed by atoms with Gasteiger partial charge in [0.2, 0.25) is 0 Å². The van der Waals surface area contributed by atoms with Crippen LogP contribution in [0.3, 0.4) is 0 Å². The molecule has 0 aromatic rings. The van der Waals surface area contributed by atoms with E-state index < -0.39 is 0 Å². The highest BCUT2D eigenvalue weighted by Gasteiger charge is 2.20. The highest BCUT2D eigenvalue weighted by atomic mass is 15.1. The number of nitriles is 2. The van der Waals surface area contributed by atoms with E-state index in [-0.39, 0.29) is 11.3 Å². The van der Waals surface area contributed by atoms with Crippen molar-refractivity contribution in [1.29, 1.82) is 10.5 Å². The molecule has 16 heavy (non-hydrogen) atoms. The Morgan fingerprint density at radius 3 is 2.38 bits per heavy atom. The molecule has 0 aliphatic carbocycles. The summed E-state index contributed by atoms with van der Waals surface area (Å²) >= 11 is 0. The van der Waals surface area contributed by atoms with E-state index in [0.29, 0.717) is 0 Å². The molecule has 1 aliphatic heterocycles. The fourth-order valence-corrected chi connectivity index (χ4v) is 2.09. The Bertz CT molecular complexity index is 287. The largest absolute Gasteiger partial charge is 0.303 e. The van der Waals surface area contributed by atoms with Crippen LogP contribution in [0.25, 0.3) is 0 Å². The first-order valence-electron chi connectivity index (χ1n) is 6.10. The van der Waals surface area contributed by atoms with Gasteiger partial charge in [-0.1, -0.05) is 0 Å². The molecule has 88 valence electrons. The molecular formula is C13H21N3. The topological polar surface area (TPSA) is 50.8 Å². The van der Waals surface area contributed by atoms with Gasteiger partial charge in [-0.05, 0) is 59.2 Å². The average Bonchev–Trinajstić information content (AvgIpc) is 2.30. The minimum absolute atomic E-state index is 0.190. The molecule has 3 heteroatoms. The van der Waals surface area contributed by atoms with Crippen molar-refractivity contribution in [1.82, 2.24) is 4.90 Å². The van der Waals surface area contributed by atoms with Gasteiger partial charge in [0.05, 0.1) is 17.6 Å². The smallest absolute Gasteiger partial charge is 0.0683 e. The van der Waals surface area contributed by atoms with E-state index in [4.69, 9.17) is 10.5 Å². The Balaban J connectivity index is 2.17. The highest BCUT2D eigenvalue weighted by Crippen LogP contribution is 2.22. The molecule has 3 nitrogen and oxygen atoms in total. The third kappa shape index (κ3) is 4.21. The Kier molecular flexibility index (Phi) is 4.77. The van der Waals surface area contributed by atoms with Crippen LogP contribution in [0, 0.1) is 34.0 Å². The number of rotatable bonds is 4. The fraction of sp³-hybridized carbons (Fsp3) is 0.846. The number of hydrogen-bond acceptors (Lipinski definition) is 3. The van der Waals surface area contributed by atoms with Crippen LogP contribution in [0.1, 0.15) is 39.5 Å². The predicted octanol–water partition coefficient (Wildman–Crippen LogP) is 2.55. The van der Waals surface area contributed by atoms with Crippen LogP contribution in [0.4, 0.5) is 0 Å². The van der Waals surface area contributed by atoms with Crippen LogP contribution in [0.5, 0.6) is 0 Å². The molecule has 0 unspecified atom stereocenters. The summed E-state index contributed by atoms with van der Waals surface area (Å²) in [5, 5.41) is 17.7. The second kappa shape index (κ2) is 5.87. The van der Waals surface area contributed by atoms with Gasteiger partial charge < -0.3 is 4.90 Å². The van der Waals surface area contributed by atoms with Crippen LogP contribution >= 0.6 is 0 Å². The van der Waals surface area contributed by atoms with Gasteiger partial charge >= 0.3 is 0 Å². The van der Waals surface area contributed by atoms with Gasteiger partial charge in [-0.3, -0.25) is 0 Å². The molecule has 1 aliphatic rings. The SMILES string of the molecule is CC(C)(C#N)CCCN1CCC(C#N)CC1. The molecule has 0 aromatic heterocycles. The van der Waals surface area contributed by atoms with Crippen molar-refractivity contribution in [3.05, 3.63) is 0 Å². The van der Waals surface area contributed by atoms with Crippen LogP contribution < -0.4 is 0 Å². The van der Waals surface area contributed by atoms with Gasteiger partial charge in [-0.2, -0.15) is 10.5 Å². The molecule has 0 N–H and O–H groups in total. The molecule has 1 saturated heterocycles. The minimum atomic E-state index is -0.190. The van der Waals surface area contributed by atoms with Gasteiger partial charge in [0.25, 0.3) is 0 Å². The maximum absolute atomic E-state index is 8.90. The number of likely N-dealkylation sites (tertiary alicyclic amines) is 1.